The van der Waals surface area contributed by atoms with Crippen LogP contribution in [0.1, 0.15) is 5.56 Å². The largest absolute Gasteiger partial charge is 0.489 e. The number of nitrogen functional groups attached to an aromatic ring is 1. The summed E-state index contributed by atoms with van der Waals surface area (Å²) in [5, 5.41) is 7.21. The molecule has 2 rings (SSSR count). The fraction of sp³-hybridized carbons (Fsp3) is 0.143. The van der Waals surface area contributed by atoms with Crippen LogP contribution in [0.15, 0.2) is 47.4 Å². The van der Waals surface area contributed by atoms with Gasteiger partial charge in [0.2, 0.25) is 0 Å². The van der Waals surface area contributed by atoms with Crippen LogP contribution in [-0.4, -0.2) is 17.0 Å². The van der Waals surface area contributed by atoms with Crippen LogP contribution in [0.25, 0.3) is 0 Å². The van der Waals surface area contributed by atoms with Crippen LogP contribution < -0.4 is 16.0 Å². The van der Waals surface area contributed by atoms with Crippen LogP contribution in [0.2, 0.25) is 0 Å². The van der Waals surface area contributed by atoms with E-state index in [1.165, 1.54) is 22.8 Å². The highest BCUT2D eigenvalue weighted by molar-refractivity contribution is 5.95. The average Bonchev–Trinajstić information content (AvgIpc) is 2.42. The summed E-state index contributed by atoms with van der Waals surface area (Å²) in [5.41, 5.74) is 5.43. The first kappa shape index (κ1) is 13.8. The van der Waals surface area contributed by atoms with Crippen LogP contribution in [0, 0.1) is 11.2 Å². The summed E-state index contributed by atoms with van der Waals surface area (Å²) in [6.45, 7) is 0.494. The number of ether oxygens (including phenoxy) is 1. The van der Waals surface area contributed by atoms with E-state index in [4.69, 9.17) is 15.9 Å². The van der Waals surface area contributed by atoms with Gasteiger partial charge in [0.25, 0.3) is 5.56 Å². The first-order valence-corrected chi connectivity index (χ1v) is 6.00. The summed E-state index contributed by atoms with van der Waals surface area (Å²) in [5.74, 6) is -0.719. The molecule has 6 heteroatoms. The fourth-order valence-corrected chi connectivity index (χ4v) is 1.68. The van der Waals surface area contributed by atoms with Gasteiger partial charge in [0.05, 0.1) is 6.54 Å². The minimum absolute atomic E-state index is 0.0685. The van der Waals surface area contributed by atoms with Crippen molar-refractivity contribution in [3.8, 4) is 5.75 Å². The third-order valence-corrected chi connectivity index (χ3v) is 2.73. The number of aromatic nitrogens is 1. The quantitative estimate of drug-likeness (QED) is 0.638. The molecule has 5 nitrogen and oxygen atoms in total. The number of nitrogens with zero attached hydrogens (tertiary/aromatic N) is 1. The number of hydrogen-bond acceptors (Lipinski definition) is 3. The predicted molar refractivity (Wildman–Crippen MR) is 73.6 cm³/mol. The molecule has 0 radical (unpaired) electrons. The Labute approximate surface area is 114 Å². The number of hydrogen-bond donors (Lipinski definition) is 2. The molecule has 0 atom stereocenters. The first-order chi connectivity index (χ1) is 9.58. The van der Waals surface area contributed by atoms with Crippen LogP contribution in [0.3, 0.4) is 0 Å². The zero-order valence-corrected chi connectivity index (χ0v) is 10.7. The molecule has 0 saturated carbocycles. The molecule has 20 heavy (non-hydrogen) atoms. The average molecular weight is 275 g/mol. The van der Waals surface area contributed by atoms with Crippen molar-refractivity contribution in [3.63, 3.8) is 0 Å². The Bertz CT molecular complexity index is 682. The van der Waals surface area contributed by atoms with Gasteiger partial charge in [-0.05, 0) is 24.3 Å². The summed E-state index contributed by atoms with van der Waals surface area (Å²) in [7, 11) is 0. The minimum Gasteiger partial charge on any atom is -0.489 e. The second-order valence-corrected chi connectivity index (χ2v) is 4.14. The second-order valence-electron chi connectivity index (χ2n) is 4.14. The molecular weight excluding hydrogens is 261 g/mol. The maximum Gasteiger partial charge on any atom is 0.250 e. The summed E-state index contributed by atoms with van der Waals surface area (Å²) >= 11 is 0. The van der Waals surface area contributed by atoms with Gasteiger partial charge in [0.1, 0.15) is 12.4 Å². The first-order valence-electron chi connectivity index (χ1n) is 6.00. The van der Waals surface area contributed by atoms with Crippen molar-refractivity contribution in [2.24, 2.45) is 5.73 Å². The van der Waals surface area contributed by atoms with Crippen molar-refractivity contribution in [3.05, 3.63) is 64.3 Å². The van der Waals surface area contributed by atoms with Crippen LogP contribution in [0.5, 0.6) is 5.75 Å². The van der Waals surface area contributed by atoms with Gasteiger partial charge < -0.3 is 15.0 Å². The lowest BCUT2D eigenvalue weighted by Crippen LogP contribution is -2.21. The molecule has 0 spiro atoms. The van der Waals surface area contributed by atoms with E-state index in [1.807, 2.05) is 0 Å². The van der Waals surface area contributed by atoms with Gasteiger partial charge in [0, 0.05) is 17.8 Å². The Morgan fingerprint density at radius 2 is 2.15 bits per heavy atom. The Balaban J connectivity index is 2.00. The van der Waals surface area contributed by atoms with Gasteiger partial charge in [-0.25, -0.2) is 4.39 Å². The Hall–Kier alpha value is -2.63. The topological polar surface area (TPSA) is 81.1 Å². The number of amidine groups is 1. The molecule has 1 aromatic carbocycles. The van der Waals surface area contributed by atoms with Gasteiger partial charge in [-0.3, -0.25) is 10.2 Å². The maximum atomic E-state index is 13.7. The van der Waals surface area contributed by atoms with Crippen LogP contribution in [-0.2, 0) is 6.54 Å². The smallest absolute Gasteiger partial charge is 0.250 e. The van der Waals surface area contributed by atoms with E-state index in [0.717, 1.165) is 6.07 Å². The van der Waals surface area contributed by atoms with E-state index < -0.39 is 5.82 Å². The van der Waals surface area contributed by atoms with Gasteiger partial charge in [-0.15, -0.1) is 0 Å². The van der Waals surface area contributed by atoms with Crippen molar-refractivity contribution >= 4 is 5.84 Å². The highest BCUT2D eigenvalue weighted by Crippen LogP contribution is 2.18. The SMILES string of the molecule is N=C(N)c1ccc(OCCn2ccccc2=O)c(F)c1. The highest BCUT2D eigenvalue weighted by Gasteiger charge is 2.06. The fourth-order valence-electron chi connectivity index (χ4n) is 1.68. The third kappa shape index (κ3) is 3.23. The molecule has 104 valence electrons. The van der Waals surface area contributed by atoms with E-state index in [-0.39, 0.29) is 23.8 Å². The molecule has 0 aliphatic heterocycles. The van der Waals surface area contributed by atoms with E-state index in [9.17, 15) is 9.18 Å². The van der Waals surface area contributed by atoms with Crippen LogP contribution >= 0.6 is 0 Å². The van der Waals surface area contributed by atoms with Crippen LogP contribution in [0.4, 0.5) is 4.39 Å². The van der Waals surface area contributed by atoms with Crippen molar-refractivity contribution < 1.29 is 9.13 Å². The van der Waals surface area contributed by atoms with E-state index in [2.05, 4.69) is 0 Å². The van der Waals surface area contributed by atoms with Gasteiger partial charge in [-0.2, -0.15) is 0 Å². The standard InChI is InChI=1S/C14H14FN3O2/c15-11-9-10(14(16)17)4-5-12(11)20-8-7-18-6-2-1-3-13(18)19/h1-6,9H,7-8H2,(H3,16,17). The van der Waals surface area contributed by atoms with Gasteiger partial charge >= 0.3 is 0 Å². The lowest BCUT2D eigenvalue weighted by atomic mass is 10.2. The lowest BCUT2D eigenvalue weighted by Gasteiger charge is -2.09. The molecule has 2 aromatic rings. The minimum atomic E-state index is -0.585. The van der Waals surface area contributed by atoms with Gasteiger partial charge in [-0.1, -0.05) is 6.07 Å². The Morgan fingerprint density at radius 3 is 2.80 bits per heavy atom. The number of nitrogens with one attached hydrogen (secondary N) is 1. The molecule has 1 aromatic heterocycles. The normalized spacial score (nSPS) is 10.2. The zero-order valence-electron chi connectivity index (χ0n) is 10.7. The molecule has 0 aliphatic carbocycles. The van der Waals surface area contributed by atoms with E-state index in [1.54, 1.807) is 18.3 Å². The lowest BCUT2D eigenvalue weighted by molar-refractivity contribution is 0.282. The molecular formula is C14H14FN3O2. The van der Waals surface area contributed by atoms with E-state index >= 15 is 0 Å². The van der Waals surface area contributed by atoms with Gasteiger partial charge in [0.15, 0.2) is 11.6 Å². The predicted octanol–water partition coefficient (Wildman–Crippen LogP) is 1.35. The zero-order chi connectivity index (χ0) is 14.5. The van der Waals surface area contributed by atoms with E-state index in [0.29, 0.717) is 12.1 Å². The number of benzene rings is 1. The Kier molecular flexibility index (Phi) is 4.14. The summed E-state index contributed by atoms with van der Waals surface area (Å²) in [4.78, 5) is 11.4. The number of halogens is 1. The molecule has 0 aliphatic rings. The van der Waals surface area contributed by atoms with Crippen molar-refractivity contribution in [2.45, 2.75) is 6.54 Å². The highest BCUT2D eigenvalue weighted by atomic mass is 19.1. The molecule has 0 fully saturated rings. The molecule has 0 saturated heterocycles. The van der Waals surface area contributed by atoms with Crippen molar-refractivity contribution in [2.75, 3.05) is 6.61 Å². The number of rotatable bonds is 5. The molecule has 0 bridgehead atoms. The summed E-state index contributed by atoms with van der Waals surface area (Å²) in [6, 6.07) is 8.91. The second kappa shape index (κ2) is 6.01. The van der Waals surface area contributed by atoms with Crippen molar-refractivity contribution in [1.82, 2.24) is 4.57 Å². The molecule has 1 heterocycles. The Morgan fingerprint density at radius 1 is 1.35 bits per heavy atom. The third-order valence-electron chi connectivity index (χ3n) is 2.73. The number of pyridine rings is 1. The monoisotopic (exact) mass is 275 g/mol. The molecule has 0 unspecified atom stereocenters. The molecule has 0 amide bonds. The summed E-state index contributed by atoms with van der Waals surface area (Å²) < 4.78 is 20.4. The summed E-state index contributed by atoms with van der Waals surface area (Å²) in [6.07, 6.45) is 1.64. The van der Waals surface area contributed by atoms with Crippen molar-refractivity contribution in [1.29, 1.82) is 5.41 Å². The molecule has 3 N–H and O–H groups in total. The number of nitrogens with two attached hydrogens (primary N) is 1. The maximum absolute atomic E-state index is 13.7.